The highest BCUT2D eigenvalue weighted by molar-refractivity contribution is 6.32. The molecular formula is C14H18ClN3O2. The molecule has 0 aliphatic heterocycles. The smallest absolute Gasteiger partial charge is 0.257 e. The minimum atomic E-state index is -0.270. The Hall–Kier alpha value is -1.77. The van der Waals surface area contributed by atoms with Crippen LogP contribution in [0.2, 0.25) is 5.02 Å². The number of hydrogen-bond acceptors (Lipinski definition) is 4. The zero-order chi connectivity index (χ0) is 14.8. The molecule has 6 heteroatoms. The number of carbonyl (C=O) groups excluding carboxylic acids is 1. The maximum absolute atomic E-state index is 11.4. The second kappa shape index (κ2) is 9.18. The highest BCUT2D eigenvalue weighted by Crippen LogP contribution is 2.25. The molecule has 0 aromatic heterocycles. The number of nitrogens with one attached hydrogen (secondary N) is 2. The number of nitriles is 1. The average Bonchev–Trinajstić information content (AvgIpc) is 2.44. The number of benzene rings is 1. The first kappa shape index (κ1) is 16.3. The first-order valence-electron chi connectivity index (χ1n) is 6.43. The second-order valence-corrected chi connectivity index (χ2v) is 4.50. The summed E-state index contributed by atoms with van der Waals surface area (Å²) in [7, 11) is 0. The van der Waals surface area contributed by atoms with Crippen molar-refractivity contribution in [2.75, 3.05) is 19.7 Å². The third-order valence-electron chi connectivity index (χ3n) is 2.49. The molecular weight excluding hydrogens is 278 g/mol. The fraction of sp³-hybridized carbons (Fsp3) is 0.429. The topological polar surface area (TPSA) is 74.2 Å². The molecule has 1 aromatic carbocycles. The quantitative estimate of drug-likeness (QED) is 0.718. The van der Waals surface area contributed by atoms with E-state index < -0.39 is 0 Å². The molecule has 1 aromatic rings. The van der Waals surface area contributed by atoms with Gasteiger partial charge >= 0.3 is 0 Å². The molecule has 0 radical (unpaired) electrons. The SMILES string of the molecule is CCNCc1ccc(OCC(=O)NCCC#N)c(Cl)c1. The van der Waals surface area contributed by atoms with Gasteiger partial charge in [-0.15, -0.1) is 0 Å². The Labute approximate surface area is 123 Å². The van der Waals surface area contributed by atoms with Crippen molar-refractivity contribution in [1.82, 2.24) is 10.6 Å². The number of amides is 1. The van der Waals surface area contributed by atoms with Crippen LogP contribution in [0.15, 0.2) is 18.2 Å². The molecule has 0 fully saturated rings. The Kier molecular flexibility index (Phi) is 7.48. The number of nitrogens with zero attached hydrogens (tertiary/aromatic N) is 1. The predicted molar refractivity (Wildman–Crippen MR) is 77.6 cm³/mol. The number of ether oxygens (including phenoxy) is 1. The van der Waals surface area contributed by atoms with Crippen LogP contribution < -0.4 is 15.4 Å². The van der Waals surface area contributed by atoms with Crippen LogP contribution >= 0.6 is 11.6 Å². The first-order chi connectivity index (χ1) is 9.67. The van der Waals surface area contributed by atoms with Crippen molar-refractivity contribution in [3.05, 3.63) is 28.8 Å². The maximum atomic E-state index is 11.4. The zero-order valence-corrected chi connectivity index (χ0v) is 12.2. The predicted octanol–water partition coefficient (Wildman–Crippen LogP) is 1.86. The van der Waals surface area contributed by atoms with Gasteiger partial charge in [0.2, 0.25) is 0 Å². The molecule has 0 atom stereocenters. The molecule has 20 heavy (non-hydrogen) atoms. The number of carbonyl (C=O) groups is 1. The summed E-state index contributed by atoms with van der Waals surface area (Å²) in [5.74, 6) is 0.204. The summed E-state index contributed by atoms with van der Waals surface area (Å²) in [6.07, 6.45) is 0.283. The van der Waals surface area contributed by atoms with Gasteiger partial charge in [-0.05, 0) is 24.2 Å². The highest BCUT2D eigenvalue weighted by Gasteiger charge is 2.06. The minimum Gasteiger partial charge on any atom is -0.482 e. The van der Waals surface area contributed by atoms with Crippen LogP contribution in [0.5, 0.6) is 5.75 Å². The lowest BCUT2D eigenvalue weighted by molar-refractivity contribution is -0.123. The fourth-order valence-electron chi connectivity index (χ4n) is 1.49. The average molecular weight is 296 g/mol. The summed E-state index contributed by atoms with van der Waals surface area (Å²) < 4.78 is 5.34. The third-order valence-corrected chi connectivity index (χ3v) is 2.79. The first-order valence-corrected chi connectivity index (χ1v) is 6.80. The Morgan fingerprint density at radius 1 is 1.50 bits per heavy atom. The van der Waals surface area contributed by atoms with Gasteiger partial charge in [0.15, 0.2) is 6.61 Å². The summed E-state index contributed by atoms with van der Waals surface area (Å²) in [6, 6.07) is 7.41. The molecule has 2 N–H and O–H groups in total. The number of hydrogen-bond donors (Lipinski definition) is 2. The lowest BCUT2D eigenvalue weighted by Crippen LogP contribution is -2.29. The summed E-state index contributed by atoms with van der Waals surface area (Å²) in [5.41, 5.74) is 1.06. The molecule has 0 saturated carbocycles. The molecule has 108 valence electrons. The van der Waals surface area contributed by atoms with Crippen LogP contribution in [-0.4, -0.2) is 25.6 Å². The van der Waals surface area contributed by atoms with Crippen molar-refractivity contribution in [1.29, 1.82) is 5.26 Å². The lowest BCUT2D eigenvalue weighted by atomic mass is 10.2. The monoisotopic (exact) mass is 295 g/mol. The summed E-state index contributed by atoms with van der Waals surface area (Å²) in [4.78, 5) is 11.4. The van der Waals surface area contributed by atoms with E-state index in [1.54, 1.807) is 6.07 Å². The zero-order valence-electron chi connectivity index (χ0n) is 11.4. The van der Waals surface area contributed by atoms with E-state index in [-0.39, 0.29) is 18.9 Å². The van der Waals surface area contributed by atoms with E-state index >= 15 is 0 Å². The van der Waals surface area contributed by atoms with Crippen LogP contribution in [0, 0.1) is 11.3 Å². The molecule has 1 amide bonds. The van der Waals surface area contributed by atoms with Gasteiger partial charge in [0, 0.05) is 13.1 Å². The molecule has 0 heterocycles. The molecule has 0 saturated heterocycles. The minimum absolute atomic E-state index is 0.113. The van der Waals surface area contributed by atoms with Crippen molar-refractivity contribution in [2.24, 2.45) is 0 Å². The van der Waals surface area contributed by atoms with E-state index in [2.05, 4.69) is 10.6 Å². The Morgan fingerprint density at radius 3 is 2.95 bits per heavy atom. The molecule has 0 unspecified atom stereocenters. The van der Waals surface area contributed by atoms with Gasteiger partial charge in [0.25, 0.3) is 5.91 Å². The van der Waals surface area contributed by atoms with Crippen molar-refractivity contribution in [2.45, 2.75) is 19.9 Å². The normalized spacial score (nSPS) is 9.85. The second-order valence-electron chi connectivity index (χ2n) is 4.09. The summed E-state index contributed by atoms with van der Waals surface area (Å²) in [5, 5.41) is 14.6. The van der Waals surface area contributed by atoms with Gasteiger partial charge in [-0.2, -0.15) is 5.26 Å². The number of halogens is 1. The van der Waals surface area contributed by atoms with E-state index in [0.717, 1.165) is 18.7 Å². The van der Waals surface area contributed by atoms with E-state index in [0.29, 0.717) is 17.3 Å². The van der Waals surface area contributed by atoms with Gasteiger partial charge in [-0.1, -0.05) is 24.6 Å². The summed E-state index contributed by atoms with van der Waals surface area (Å²) >= 11 is 6.09. The molecule has 0 bridgehead atoms. The van der Waals surface area contributed by atoms with Crippen LogP contribution in [0.25, 0.3) is 0 Å². The molecule has 0 spiro atoms. The van der Waals surface area contributed by atoms with Gasteiger partial charge in [0.05, 0.1) is 17.5 Å². The van der Waals surface area contributed by atoms with Gasteiger partial charge in [0.1, 0.15) is 5.75 Å². The van der Waals surface area contributed by atoms with E-state index in [4.69, 9.17) is 21.6 Å². The molecule has 1 rings (SSSR count). The third kappa shape index (κ3) is 5.91. The number of rotatable bonds is 8. The van der Waals surface area contributed by atoms with E-state index in [9.17, 15) is 4.79 Å². The van der Waals surface area contributed by atoms with E-state index in [1.165, 1.54) is 0 Å². The molecule has 0 aliphatic carbocycles. The van der Waals surface area contributed by atoms with Crippen molar-refractivity contribution < 1.29 is 9.53 Å². The summed E-state index contributed by atoms with van der Waals surface area (Å²) in [6.45, 7) is 3.87. The van der Waals surface area contributed by atoms with Crippen LogP contribution in [0.4, 0.5) is 0 Å². The lowest BCUT2D eigenvalue weighted by Gasteiger charge is -2.09. The van der Waals surface area contributed by atoms with Gasteiger partial charge in [-0.25, -0.2) is 0 Å². The fourth-order valence-corrected chi connectivity index (χ4v) is 1.75. The van der Waals surface area contributed by atoms with Crippen LogP contribution in [0.3, 0.4) is 0 Å². The largest absolute Gasteiger partial charge is 0.482 e. The highest BCUT2D eigenvalue weighted by atomic mass is 35.5. The van der Waals surface area contributed by atoms with Crippen molar-refractivity contribution >= 4 is 17.5 Å². The van der Waals surface area contributed by atoms with Gasteiger partial charge < -0.3 is 15.4 Å². The standard InChI is InChI=1S/C14H18ClN3O2/c1-2-17-9-11-4-5-13(12(15)8-11)20-10-14(19)18-7-3-6-16/h4-5,8,17H,2-3,7,9-10H2,1H3,(H,18,19). The Bertz CT molecular complexity index is 486. The van der Waals surface area contributed by atoms with E-state index in [1.807, 2.05) is 25.1 Å². The van der Waals surface area contributed by atoms with Crippen LogP contribution in [-0.2, 0) is 11.3 Å². The Morgan fingerprint density at radius 2 is 2.30 bits per heavy atom. The molecule has 0 aliphatic rings. The van der Waals surface area contributed by atoms with Crippen molar-refractivity contribution in [3.8, 4) is 11.8 Å². The maximum Gasteiger partial charge on any atom is 0.257 e. The molecule has 5 nitrogen and oxygen atoms in total. The van der Waals surface area contributed by atoms with Crippen LogP contribution in [0.1, 0.15) is 18.9 Å². The Balaban J connectivity index is 2.44. The van der Waals surface area contributed by atoms with Crippen molar-refractivity contribution in [3.63, 3.8) is 0 Å². The van der Waals surface area contributed by atoms with Gasteiger partial charge in [-0.3, -0.25) is 4.79 Å².